The smallest absolute Gasteiger partial charge is 0.277 e. The molecule has 0 saturated carbocycles. The second kappa shape index (κ2) is 4.09. The summed E-state index contributed by atoms with van der Waals surface area (Å²) in [6.07, 6.45) is 0.996. The average molecular weight is 251 g/mol. The zero-order chi connectivity index (χ0) is 11.8. The summed E-state index contributed by atoms with van der Waals surface area (Å²) >= 11 is 5.76. The molecule has 0 spiro atoms. The predicted octanol–water partition coefficient (Wildman–Crippen LogP) is 1.05. The van der Waals surface area contributed by atoms with E-state index in [9.17, 15) is 4.79 Å². The number of nitrogens with zero attached hydrogens (tertiary/aromatic N) is 2. The van der Waals surface area contributed by atoms with Gasteiger partial charge in [-0.25, -0.2) is 9.97 Å². The Morgan fingerprint density at radius 3 is 3.00 bits per heavy atom. The Morgan fingerprint density at radius 1 is 1.35 bits per heavy atom. The van der Waals surface area contributed by atoms with E-state index < -0.39 is 0 Å². The lowest BCUT2D eigenvalue weighted by Gasteiger charge is -2.07. The van der Waals surface area contributed by atoms with E-state index in [1.165, 1.54) is 0 Å². The van der Waals surface area contributed by atoms with E-state index in [0.29, 0.717) is 16.2 Å². The first-order chi connectivity index (χ1) is 8.24. The van der Waals surface area contributed by atoms with Gasteiger partial charge >= 0.3 is 0 Å². The fourth-order valence-electron chi connectivity index (χ4n) is 2.10. The zero-order valence-electron chi connectivity index (χ0n) is 9.03. The molecule has 0 bridgehead atoms. The molecule has 0 radical (unpaired) electrons. The highest BCUT2D eigenvalue weighted by Crippen LogP contribution is 2.19. The van der Waals surface area contributed by atoms with E-state index in [1.807, 2.05) is 0 Å². The second-order valence-electron chi connectivity index (χ2n) is 4.14. The number of aromatic nitrogens is 3. The molecule has 1 unspecified atom stereocenters. The fraction of sp³-hybridized carbons (Fsp3) is 0.364. The van der Waals surface area contributed by atoms with E-state index >= 15 is 0 Å². The van der Waals surface area contributed by atoms with Gasteiger partial charge in [0.1, 0.15) is 11.0 Å². The molecule has 17 heavy (non-hydrogen) atoms. The molecule has 0 amide bonds. The van der Waals surface area contributed by atoms with Gasteiger partial charge in [-0.1, -0.05) is 11.6 Å². The van der Waals surface area contributed by atoms with Crippen molar-refractivity contribution in [3.05, 3.63) is 33.5 Å². The van der Waals surface area contributed by atoms with Gasteiger partial charge in [-0.05, 0) is 25.1 Å². The van der Waals surface area contributed by atoms with Crippen LogP contribution in [0, 0.1) is 0 Å². The van der Waals surface area contributed by atoms with E-state index in [2.05, 4.69) is 20.3 Å². The molecule has 0 aliphatic carbocycles. The van der Waals surface area contributed by atoms with Crippen LogP contribution in [0.25, 0.3) is 11.0 Å². The van der Waals surface area contributed by atoms with Crippen LogP contribution < -0.4 is 10.9 Å². The molecule has 5 nitrogen and oxygen atoms in total. The maximum Gasteiger partial charge on any atom is 0.277 e. The fourth-order valence-corrected chi connectivity index (χ4v) is 2.25. The highest BCUT2D eigenvalue weighted by Gasteiger charge is 2.19. The Labute approximate surface area is 102 Å². The summed E-state index contributed by atoms with van der Waals surface area (Å²) in [6.45, 7) is 1.82. The number of hydrogen-bond donors (Lipinski definition) is 2. The summed E-state index contributed by atoms with van der Waals surface area (Å²) in [5, 5.41) is 3.55. The first kappa shape index (κ1) is 10.7. The van der Waals surface area contributed by atoms with Gasteiger partial charge in [0.25, 0.3) is 5.56 Å². The Hall–Kier alpha value is -1.46. The minimum absolute atomic E-state index is 0.223. The van der Waals surface area contributed by atoms with Crippen molar-refractivity contribution in [3.8, 4) is 0 Å². The molecule has 2 N–H and O–H groups in total. The largest absolute Gasteiger partial charge is 0.316 e. The topological polar surface area (TPSA) is 70.7 Å². The summed E-state index contributed by atoms with van der Waals surface area (Å²) in [6, 6.07) is 3.37. The van der Waals surface area contributed by atoms with Gasteiger partial charge in [0.2, 0.25) is 0 Å². The molecule has 1 aliphatic rings. The monoisotopic (exact) mass is 250 g/mol. The lowest BCUT2D eigenvalue weighted by molar-refractivity contribution is 0.702. The molecule has 3 rings (SSSR count). The predicted molar refractivity (Wildman–Crippen MR) is 65.4 cm³/mol. The number of aromatic amines is 1. The lowest BCUT2D eigenvalue weighted by Crippen LogP contribution is -2.17. The van der Waals surface area contributed by atoms with Gasteiger partial charge < -0.3 is 10.3 Å². The molecule has 2 aromatic rings. The summed E-state index contributed by atoms with van der Waals surface area (Å²) < 4.78 is 0. The van der Waals surface area contributed by atoms with Crippen LogP contribution in [0.2, 0.25) is 5.15 Å². The van der Waals surface area contributed by atoms with Gasteiger partial charge in [-0.3, -0.25) is 4.79 Å². The van der Waals surface area contributed by atoms with Crippen LogP contribution in [0.4, 0.5) is 0 Å². The summed E-state index contributed by atoms with van der Waals surface area (Å²) in [4.78, 5) is 23.1. The van der Waals surface area contributed by atoms with Crippen molar-refractivity contribution in [2.45, 2.75) is 12.3 Å². The number of pyridine rings is 1. The van der Waals surface area contributed by atoms with Crippen molar-refractivity contribution in [1.82, 2.24) is 20.3 Å². The van der Waals surface area contributed by atoms with E-state index in [-0.39, 0.29) is 11.5 Å². The maximum absolute atomic E-state index is 11.9. The highest BCUT2D eigenvalue weighted by atomic mass is 35.5. The quantitative estimate of drug-likeness (QED) is 0.742. The molecule has 0 aromatic carbocycles. The van der Waals surface area contributed by atoms with Gasteiger partial charge in [0.15, 0.2) is 5.52 Å². The van der Waals surface area contributed by atoms with E-state index in [0.717, 1.165) is 25.3 Å². The number of halogens is 1. The number of H-pyrrole nitrogens is 1. The van der Waals surface area contributed by atoms with E-state index in [4.69, 9.17) is 11.6 Å². The molecule has 88 valence electrons. The third-order valence-electron chi connectivity index (χ3n) is 2.98. The Balaban J connectivity index is 2.17. The van der Waals surface area contributed by atoms with E-state index in [1.54, 1.807) is 12.1 Å². The lowest BCUT2D eigenvalue weighted by atomic mass is 10.1. The van der Waals surface area contributed by atoms with Crippen molar-refractivity contribution in [1.29, 1.82) is 0 Å². The van der Waals surface area contributed by atoms with Crippen molar-refractivity contribution < 1.29 is 0 Å². The van der Waals surface area contributed by atoms with Crippen molar-refractivity contribution >= 4 is 22.6 Å². The summed E-state index contributed by atoms with van der Waals surface area (Å²) in [5.74, 6) is 1.01. The first-order valence-electron chi connectivity index (χ1n) is 5.51. The number of rotatable bonds is 1. The molecule has 3 heterocycles. The van der Waals surface area contributed by atoms with Gasteiger partial charge in [0.05, 0.1) is 5.52 Å². The van der Waals surface area contributed by atoms with Gasteiger partial charge in [-0.15, -0.1) is 0 Å². The van der Waals surface area contributed by atoms with Crippen LogP contribution in [0.5, 0.6) is 0 Å². The van der Waals surface area contributed by atoms with Crippen LogP contribution in [0.15, 0.2) is 16.9 Å². The molecule has 1 atom stereocenters. The number of fused-ring (bicyclic) bond motifs is 1. The molecule has 6 heteroatoms. The van der Waals surface area contributed by atoms with Crippen molar-refractivity contribution in [2.75, 3.05) is 13.1 Å². The average Bonchev–Trinajstić information content (AvgIpc) is 2.83. The van der Waals surface area contributed by atoms with Crippen LogP contribution >= 0.6 is 11.6 Å². The van der Waals surface area contributed by atoms with Crippen LogP contribution in [-0.4, -0.2) is 28.0 Å². The van der Waals surface area contributed by atoms with Crippen LogP contribution in [0.1, 0.15) is 18.2 Å². The second-order valence-corrected chi connectivity index (χ2v) is 4.53. The number of hydrogen-bond acceptors (Lipinski definition) is 4. The normalized spacial score (nSPS) is 19.9. The summed E-state index contributed by atoms with van der Waals surface area (Å²) in [7, 11) is 0. The minimum Gasteiger partial charge on any atom is -0.316 e. The van der Waals surface area contributed by atoms with Gasteiger partial charge in [0, 0.05) is 12.5 Å². The van der Waals surface area contributed by atoms with Crippen molar-refractivity contribution in [2.24, 2.45) is 0 Å². The summed E-state index contributed by atoms with van der Waals surface area (Å²) in [5.41, 5.74) is 0.673. The molecule has 1 fully saturated rings. The third-order valence-corrected chi connectivity index (χ3v) is 3.20. The van der Waals surface area contributed by atoms with Gasteiger partial charge in [-0.2, -0.15) is 0 Å². The Kier molecular flexibility index (Phi) is 2.57. The molecule has 2 aromatic heterocycles. The molecule has 1 aliphatic heterocycles. The first-order valence-corrected chi connectivity index (χ1v) is 5.89. The third kappa shape index (κ3) is 1.92. The standard InChI is InChI=1S/C11H11ClN4O/c12-8-2-1-7-9(15-8)11(17)16-10(14-7)6-3-4-13-5-6/h1-2,6,13H,3-5H2,(H,14,16,17). The SMILES string of the molecule is O=c1[nH]c(C2CCNC2)nc2ccc(Cl)nc12. The zero-order valence-corrected chi connectivity index (χ0v) is 9.79. The number of nitrogens with one attached hydrogen (secondary N) is 2. The Morgan fingerprint density at radius 2 is 2.24 bits per heavy atom. The molecular formula is C11H11ClN4O. The molecular weight excluding hydrogens is 240 g/mol. The molecule has 1 saturated heterocycles. The van der Waals surface area contributed by atoms with Crippen LogP contribution in [-0.2, 0) is 0 Å². The van der Waals surface area contributed by atoms with Crippen LogP contribution in [0.3, 0.4) is 0 Å². The maximum atomic E-state index is 11.9. The Bertz CT molecular complexity index is 618. The minimum atomic E-state index is -0.223. The van der Waals surface area contributed by atoms with Crippen molar-refractivity contribution in [3.63, 3.8) is 0 Å². The highest BCUT2D eigenvalue weighted by molar-refractivity contribution is 6.29.